The quantitative estimate of drug-likeness (QED) is 0.334. The Hall–Kier alpha value is -3.72. The number of hydrogen-bond donors (Lipinski definition) is 0. The zero-order chi connectivity index (χ0) is 20.1. The fourth-order valence-corrected chi connectivity index (χ4v) is 2.81. The number of fused-ring (bicyclic) bond motifs is 1. The van der Waals surface area contributed by atoms with Crippen LogP contribution in [0.1, 0.15) is 15.9 Å². The molecule has 3 aromatic carbocycles. The zero-order valence-electron chi connectivity index (χ0n) is 14.9. The maximum absolute atomic E-state index is 12.8. The van der Waals surface area contributed by atoms with E-state index < -0.39 is 12.4 Å². The van der Waals surface area contributed by atoms with Crippen molar-refractivity contribution in [3.8, 4) is 17.6 Å². The highest BCUT2D eigenvalue weighted by atomic mass is 19.3. The van der Waals surface area contributed by atoms with E-state index in [0.717, 1.165) is 5.39 Å². The summed E-state index contributed by atoms with van der Waals surface area (Å²) >= 11 is 0. The molecule has 0 saturated heterocycles. The first-order chi connectivity index (χ1) is 13.5. The Kier molecular flexibility index (Phi) is 5.66. The first-order valence-corrected chi connectivity index (χ1v) is 8.30. The number of ketones is 1. The van der Waals surface area contributed by atoms with Gasteiger partial charge in [-0.3, -0.25) is 4.79 Å². The number of carbonyl (C=O) groups excluding carboxylic acids is 1. The highest BCUT2D eigenvalue weighted by Crippen LogP contribution is 2.31. The number of nitrogens with zero attached hydrogens (tertiary/aromatic N) is 1. The van der Waals surface area contributed by atoms with Gasteiger partial charge in [0.05, 0.1) is 7.11 Å². The fourth-order valence-electron chi connectivity index (χ4n) is 2.81. The summed E-state index contributed by atoms with van der Waals surface area (Å²) in [6.45, 7) is -3.03. The molecular formula is C22H15F2NO3. The van der Waals surface area contributed by atoms with Crippen LogP contribution in [-0.2, 0) is 0 Å². The lowest BCUT2D eigenvalue weighted by atomic mass is 9.98. The summed E-state index contributed by atoms with van der Waals surface area (Å²) in [5.41, 5.74) is 0.336. The normalized spacial score (nSPS) is 11.3. The average molecular weight is 379 g/mol. The summed E-state index contributed by atoms with van der Waals surface area (Å²) in [5.74, 6) is -0.0641. The second kappa shape index (κ2) is 8.31. The van der Waals surface area contributed by atoms with Crippen molar-refractivity contribution in [1.82, 2.24) is 0 Å². The molecule has 0 aliphatic carbocycles. The number of alkyl halides is 2. The van der Waals surface area contributed by atoms with Gasteiger partial charge in [-0.15, -0.1) is 0 Å². The van der Waals surface area contributed by atoms with Crippen LogP contribution in [0.3, 0.4) is 0 Å². The monoisotopic (exact) mass is 379 g/mol. The summed E-state index contributed by atoms with van der Waals surface area (Å²) in [7, 11) is 1.50. The molecule has 3 aromatic rings. The molecule has 0 unspecified atom stereocenters. The van der Waals surface area contributed by atoms with Gasteiger partial charge < -0.3 is 9.47 Å². The minimum atomic E-state index is -3.03. The molecule has 0 heterocycles. The van der Waals surface area contributed by atoms with Crippen LogP contribution in [0.25, 0.3) is 16.8 Å². The fraction of sp³-hybridized carbons (Fsp3) is 0.0909. The third-order valence-corrected chi connectivity index (χ3v) is 4.15. The lowest BCUT2D eigenvalue weighted by Gasteiger charge is -2.11. The van der Waals surface area contributed by atoms with E-state index in [1.807, 2.05) is 6.07 Å². The molecule has 6 heteroatoms. The Balaban J connectivity index is 2.11. The number of nitriles is 1. The second-order valence-corrected chi connectivity index (χ2v) is 5.80. The van der Waals surface area contributed by atoms with Gasteiger partial charge in [-0.1, -0.05) is 30.3 Å². The van der Waals surface area contributed by atoms with Crippen LogP contribution in [0.5, 0.6) is 11.5 Å². The van der Waals surface area contributed by atoms with Gasteiger partial charge in [-0.25, -0.2) is 0 Å². The van der Waals surface area contributed by atoms with E-state index in [0.29, 0.717) is 11.1 Å². The van der Waals surface area contributed by atoms with E-state index in [-0.39, 0.29) is 22.4 Å². The van der Waals surface area contributed by atoms with Gasteiger partial charge in [0.2, 0.25) is 5.78 Å². The first-order valence-electron chi connectivity index (χ1n) is 8.30. The Morgan fingerprint density at radius 3 is 2.43 bits per heavy atom. The number of allylic oxidation sites excluding steroid dienone is 1. The number of carbonyl (C=O) groups is 1. The molecule has 0 amide bonds. The van der Waals surface area contributed by atoms with Crippen molar-refractivity contribution in [3.63, 3.8) is 0 Å². The number of Topliss-reactive ketones (excluding diaryl/α,β-unsaturated/α-hetero) is 1. The number of ether oxygens (including phenoxy) is 2. The highest BCUT2D eigenvalue weighted by Gasteiger charge is 2.16. The van der Waals surface area contributed by atoms with Crippen LogP contribution in [-0.4, -0.2) is 19.5 Å². The predicted octanol–water partition coefficient (Wildman–Crippen LogP) is 5.24. The topological polar surface area (TPSA) is 59.3 Å². The van der Waals surface area contributed by atoms with E-state index in [9.17, 15) is 18.8 Å². The van der Waals surface area contributed by atoms with Gasteiger partial charge in [-0.05, 0) is 47.2 Å². The molecule has 28 heavy (non-hydrogen) atoms. The van der Waals surface area contributed by atoms with Gasteiger partial charge in [0.25, 0.3) is 0 Å². The van der Waals surface area contributed by atoms with Crippen molar-refractivity contribution >= 4 is 22.6 Å². The number of benzene rings is 3. The molecule has 0 N–H and O–H groups in total. The van der Waals surface area contributed by atoms with E-state index >= 15 is 0 Å². The molecule has 140 valence electrons. The maximum Gasteiger partial charge on any atom is 0.387 e. The lowest BCUT2D eigenvalue weighted by Crippen LogP contribution is -2.05. The minimum absolute atomic E-state index is 0.107. The Morgan fingerprint density at radius 2 is 1.79 bits per heavy atom. The van der Waals surface area contributed by atoms with Crippen molar-refractivity contribution in [2.75, 3.05) is 7.11 Å². The van der Waals surface area contributed by atoms with Gasteiger partial charge >= 0.3 is 6.61 Å². The number of halogens is 2. The molecule has 0 radical (unpaired) electrons. The molecule has 0 saturated carbocycles. The average Bonchev–Trinajstić information content (AvgIpc) is 2.72. The summed E-state index contributed by atoms with van der Waals surface area (Å²) in [4.78, 5) is 12.7. The third kappa shape index (κ3) is 3.99. The standard InChI is InChI=1S/C22H15F2NO3/c1-27-17-9-6-15(7-10-17)21(26)16(13-25)12-19-18-5-3-2-4-14(18)8-11-20(19)28-22(23)24/h2-12,22H,1H3/b16-12+. The molecule has 0 atom stereocenters. The molecule has 0 aromatic heterocycles. The van der Waals surface area contributed by atoms with Gasteiger partial charge in [-0.2, -0.15) is 14.0 Å². The highest BCUT2D eigenvalue weighted by molar-refractivity contribution is 6.15. The van der Waals surface area contributed by atoms with Crippen molar-refractivity contribution in [1.29, 1.82) is 5.26 Å². The summed E-state index contributed by atoms with van der Waals surface area (Å²) in [6.07, 6.45) is 1.28. The van der Waals surface area contributed by atoms with Crippen LogP contribution in [0.15, 0.2) is 66.2 Å². The van der Waals surface area contributed by atoms with Crippen LogP contribution in [0, 0.1) is 11.3 Å². The lowest BCUT2D eigenvalue weighted by molar-refractivity contribution is -0.0498. The maximum atomic E-state index is 12.8. The summed E-state index contributed by atoms with van der Waals surface area (Å²) in [5, 5.41) is 10.9. The smallest absolute Gasteiger partial charge is 0.387 e. The van der Waals surface area contributed by atoms with Crippen molar-refractivity contribution in [3.05, 3.63) is 77.4 Å². The molecule has 4 nitrogen and oxygen atoms in total. The molecule has 0 spiro atoms. The summed E-state index contributed by atoms with van der Waals surface area (Å²) in [6, 6.07) is 18.2. The number of hydrogen-bond acceptors (Lipinski definition) is 4. The first kappa shape index (κ1) is 19.1. The minimum Gasteiger partial charge on any atom is -0.497 e. The summed E-state index contributed by atoms with van der Waals surface area (Å²) < 4.78 is 35.3. The molecular weight excluding hydrogens is 364 g/mol. The second-order valence-electron chi connectivity index (χ2n) is 5.80. The van der Waals surface area contributed by atoms with Gasteiger partial charge in [0, 0.05) is 11.1 Å². The van der Waals surface area contributed by atoms with Crippen LogP contribution >= 0.6 is 0 Å². The van der Waals surface area contributed by atoms with Crippen molar-refractivity contribution in [2.45, 2.75) is 6.61 Å². The number of rotatable bonds is 6. The predicted molar refractivity (Wildman–Crippen MR) is 101 cm³/mol. The molecule has 0 fully saturated rings. The van der Waals surface area contributed by atoms with E-state index in [4.69, 9.17) is 4.74 Å². The van der Waals surface area contributed by atoms with Crippen LogP contribution in [0.2, 0.25) is 0 Å². The van der Waals surface area contributed by atoms with E-state index in [1.54, 1.807) is 42.5 Å². The zero-order valence-corrected chi connectivity index (χ0v) is 14.9. The number of methoxy groups -OCH3 is 1. The Morgan fingerprint density at radius 1 is 1.07 bits per heavy atom. The Bertz CT molecular complexity index is 1080. The Labute approximate surface area is 160 Å². The van der Waals surface area contributed by atoms with Crippen molar-refractivity contribution in [2.24, 2.45) is 0 Å². The largest absolute Gasteiger partial charge is 0.497 e. The van der Waals surface area contributed by atoms with E-state index in [1.165, 1.54) is 31.4 Å². The van der Waals surface area contributed by atoms with Crippen LogP contribution < -0.4 is 9.47 Å². The van der Waals surface area contributed by atoms with Gasteiger partial charge in [0.1, 0.15) is 23.1 Å². The van der Waals surface area contributed by atoms with Crippen molar-refractivity contribution < 1.29 is 23.0 Å². The SMILES string of the molecule is COc1ccc(C(=O)/C(C#N)=C/c2c(OC(F)F)ccc3ccccc23)cc1. The third-order valence-electron chi connectivity index (χ3n) is 4.15. The molecule has 0 aliphatic heterocycles. The van der Waals surface area contributed by atoms with Gasteiger partial charge in [0.15, 0.2) is 0 Å². The molecule has 0 aliphatic rings. The van der Waals surface area contributed by atoms with E-state index in [2.05, 4.69) is 4.74 Å². The van der Waals surface area contributed by atoms with Crippen LogP contribution in [0.4, 0.5) is 8.78 Å². The molecule has 0 bridgehead atoms. The molecule has 3 rings (SSSR count).